The van der Waals surface area contributed by atoms with E-state index in [2.05, 4.69) is 4.98 Å². The van der Waals surface area contributed by atoms with Crippen molar-refractivity contribution >= 4 is 0 Å². The Morgan fingerprint density at radius 2 is 2.36 bits per heavy atom. The van der Waals surface area contributed by atoms with E-state index in [1.807, 2.05) is 19.1 Å². The zero-order valence-corrected chi connectivity index (χ0v) is 8.31. The molecule has 0 spiro atoms. The Labute approximate surface area is 83.7 Å². The van der Waals surface area contributed by atoms with Crippen molar-refractivity contribution in [3.8, 4) is 5.75 Å². The minimum absolute atomic E-state index is 0.0101. The number of pyridine rings is 1. The predicted octanol–water partition coefficient (Wildman–Crippen LogP) is 0.863. The van der Waals surface area contributed by atoms with Crippen molar-refractivity contribution < 1.29 is 9.84 Å². The van der Waals surface area contributed by atoms with Gasteiger partial charge in [-0.2, -0.15) is 0 Å². The number of nitrogens with zero attached hydrogens (tertiary/aromatic N) is 1. The minimum Gasteiger partial charge on any atom is -0.490 e. The van der Waals surface area contributed by atoms with Gasteiger partial charge in [-0.05, 0) is 18.6 Å². The van der Waals surface area contributed by atoms with Crippen LogP contribution in [0.1, 0.15) is 25.1 Å². The van der Waals surface area contributed by atoms with Crippen molar-refractivity contribution in [1.29, 1.82) is 0 Å². The van der Waals surface area contributed by atoms with E-state index in [-0.39, 0.29) is 12.6 Å². The van der Waals surface area contributed by atoms with Gasteiger partial charge < -0.3 is 15.6 Å². The highest BCUT2D eigenvalue weighted by atomic mass is 16.5. The van der Waals surface area contributed by atoms with E-state index in [1.165, 1.54) is 0 Å². The summed E-state index contributed by atoms with van der Waals surface area (Å²) in [5.74, 6) is 0.658. The molecule has 0 aromatic carbocycles. The molecule has 0 saturated heterocycles. The van der Waals surface area contributed by atoms with Gasteiger partial charge in [0.2, 0.25) is 0 Å². The smallest absolute Gasteiger partial charge is 0.137 e. The van der Waals surface area contributed by atoms with Crippen LogP contribution in [0.2, 0.25) is 0 Å². The van der Waals surface area contributed by atoms with E-state index in [9.17, 15) is 0 Å². The predicted molar refractivity (Wildman–Crippen MR) is 54.0 cm³/mol. The lowest BCUT2D eigenvalue weighted by Gasteiger charge is -2.09. The maximum Gasteiger partial charge on any atom is 0.137 e. The van der Waals surface area contributed by atoms with E-state index >= 15 is 0 Å². The third kappa shape index (κ3) is 2.97. The summed E-state index contributed by atoms with van der Waals surface area (Å²) in [6.07, 6.45) is 2.49. The number of rotatable bonds is 5. The third-order valence-corrected chi connectivity index (χ3v) is 1.94. The molecule has 1 atom stereocenters. The molecule has 0 amide bonds. The molecule has 0 aliphatic rings. The third-order valence-electron chi connectivity index (χ3n) is 1.94. The summed E-state index contributed by atoms with van der Waals surface area (Å²) in [5, 5.41) is 8.54. The summed E-state index contributed by atoms with van der Waals surface area (Å²) in [6.45, 7) is 2.32. The average molecular weight is 196 g/mol. The van der Waals surface area contributed by atoms with Crippen molar-refractivity contribution in [1.82, 2.24) is 4.98 Å². The molecule has 14 heavy (non-hydrogen) atoms. The molecule has 3 N–H and O–H groups in total. The van der Waals surface area contributed by atoms with Crippen LogP contribution >= 0.6 is 0 Å². The van der Waals surface area contributed by atoms with Crippen LogP contribution in [0.15, 0.2) is 18.3 Å². The van der Waals surface area contributed by atoms with Gasteiger partial charge >= 0.3 is 0 Å². The summed E-state index contributed by atoms with van der Waals surface area (Å²) in [4.78, 5) is 4.17. The first-order chi connectivity index (χ1) is 6.77. The van der Waals surface area contributed by atoms with Crippen LogP contribution in [0.3, 0.4) is 0 Å². The Hall–Kier alpha value is -1.13. The normalized spacial score (nSPS) is 12.5. The topological polar surface area (TPSA) is 68.4 Å². The lowest BCUT2D eigenvalue weighted by atomic mass is 10.1. The standard InChI is InChI=1S/C10H16N2O2/c1-2-9(11)10-4-3-8(7-12-10)14-6-5-13/h3-4,7,9,13H,2,5-6,11H2,1H3/t9-/m0/s1. The van der Waals surface area contributed by atoms with E-state index in [1.54, 1.807) is 6.20 Å². The first-order valence-electron chi connectivity index (χ1n) is 4.73. The molecule has 0 unspecified atom stereocenters. The summed E-state index contributed by atoms with van der Waals surface area (Å²) >= 11 is 0. The monoisotopic (exact) mass is 196 g/mol. The Bertz CT molecular complexity index is 261. The second-order valence-corrected chi connectivity index (χ2v) is 3.01. The molecule has 1 heterocycles. The number of aliphatic hydroxyl groups excluding tert-OH is 1. The Morgan fingerprint density at radius 3 is 2.86 bits per heavy atom. The molecule has 78 valence electrons. The van der Waals surface area contributed by atoms with Crippen molar-refractivity contribution in [2.45, 2.75) is 19.4 Å². The summed E-state index contributed by atoms with van der Waals surface area (Å²) in [7, 11) is 0. The maximum atomic E-state index is 8.54. The summed E-state index contributed by atoms with van der Waals surface area (Å²) in [6, 6.07) is 3.65. The molecule has 0 radical (unpaired) electrons. The van der Waals surface area contributed by atoms with E-state index in [4.69, 9.17) is 15.6 Å². The van der Waals surface area contributed by atoms with Gasteiger partial charge in [-0.1, -0.05) is 6.92 Å². The Balaban J connectivity index is 2.59. The molecule has 4 nitrogen and oxygen atoms in total. The molecule has 1 aromatic heterocycles. The number of aliphatic hydroxyl groups is 1. The quantitative estimate of drug-likeness (QED) is 0.733. The lowest BCUT2D eigenvalue weighted by molar-refractivity contribution is 0.201. The molecule has 4 heteroatoms. The molecule has 0 saturated carbocycles. The van der Waals surface area contributed by atoms with Gasteiger partial charge in [0.25, 0.3) is 0 Å². The van der Waals surface area contributed by atoms with Gasteiger partial charge in [0.1, 0.15) is 12.4 Å². The number of aromatic nitrogens is 1. The molecular formula is C10H16N2O2. The summed E-state index contributed by atoms with van der Waals surface area (Å²) < 4.78 is 5.17. The fraction of sp³-hybridized carbons (Fsp3) is 0.500. The highest BCUT2D eigenvalue weighted by Crippen LogP contribution is 2.14. The van der Waals surface area contributed by atoms with E-state index in [0.717, 1.165) is 12.1 Å². The molecule has 1 aromatic rings. The van der Waals surface area contributed by atoms with Crippen molar-refractivity contribution in [3.63, 3.8) is 0 Å². The van der Waals surface area contributed by atoms with Crippen LogP contribution in [0.25, 0.3) is 0 Å². The van der Waals surface area contributed by atoms with Gasteiger partial charge in [-0.3, -0.25) is 4.98 Å². The SMILES string of the molecule is CC[C@H](N)c1ccc(OCCO)cn1. The number of hydrogen-bond donors (Lipinski definition) is 2. The van der Waals surface area contributed by atoms with Crippen LogP contribution in [0.4, 0.5) is 0 Å². The van der Waals surface area contributed by atoms with Gasteiger partial charge in [0.05, 0.1) is 18.5 Å². The highest BCUT2D eigenvalue weighted by Gasteiger charge is 2.04. The average Bonchev–Trinajstić information content (AvgIpc) is 2.26. The zero-order valence-electron chi connectivity index (χ0n) is 8.31. The zero-order chi connectivity index (χ0) is 10.4. The van der Waals surface area contributed by atoms with Crippen LogP contribution in [-0.4, -0.2) is 23.3 Å². The minimum atomic E-state index is -0.0121. The van der Waals surface area contributed by atoms with Crippen LogP contribution in [-0.2, 0) is 0 Å². The Kier molecular flexibility index (Phi) is 4.35. The molecule has 0 aliphatic heterocycles. The Morgan fingerprint density at radius 1 is 1.57 bits per heavy atom. The second-order valence-electron chi connectivity index (χ2n) is 3.01. The highest BCUT2D eigenvalue weighted by molar-refractivity contribution is 5.21. The number of nitrogens with two attached hydrogens (primary N) is 1. The lowest BCUT2D eigenvalue weighted by Crippen LogP contribution is -2.10. The van der Waals surface area contributed by atoms with E-state index < -0.39 is 0 Å². The first-order valence-corrected chi connectivity index (χ1v) is 4.73. The fourth-order valence-electron chi connectivity index (χ4n) is 1.07. The molecule has 1 rings (SSSR count). The number of hydrogen-bond acceptors (Lipinski definition) is 4. The van der Waals surface area contributed by atoms with Gasteiger partial charge in [0.15, 0.2) is 0 Å². The second kappa shape index (κ2) is 5.57. The fourth-order valence-corrected chi connectivity index (χ4v) is 1.07. The van der Waals surface area contributed by atoms with Crippen LogP contribution in [0.5, 0.6) is 5.75 Å². The van der Waals surface area contributed by atoms with Gasteiger partial charge in [0, 0.05) is 6.04 Å². The van der Waals surface area contributed by atoms with Crippen LogP contribution in [0, 0.1) is 0 Å². The molecule has 0 fully saturated rings. The van der Waals surface area contributed by atoms with Gasteiger partial charge in [-0.25, -0.2) is 0 Å². The first kappa shape index (κ1) is 10.9. The van der Waals surface area contributed by atoms with Crippen molar-refractivity contribution in [3.05, 3.63) is 24.0 Å². The molecule has 0 aliphatic carbocycles. The molecular weight excluding hydrogens is 180 g/mol. The maximum absolute atomic E-state index is 8.54. The van der Waals surface area contributed by atoms with Crippen molar-refractivity contribution in [2.75, 3.05) is 13.2 Å². The summed E-state index contributed by atoms with van der Waals surface area (Å²) in [5.41, 5.74) is 6.67. The van der Waals surface area contributed by atoms with Crippen LogP contribution < -0.4 is 10.5 Å². The van der Waals surface area contributed by atoms with Crippen molar-refractivity contribution in [2.24, 2.45) is 5.73 Å². The number of ether oxygens (including phenoxy) is 1. The van der Waals surface area contributed by atoms with E-state index in [0.29, 0.717) is 12.4 Å². The molecule has 0 bridgehead atoms. The van der Waals surface area contributed by atoms with Gasteiger partial charge in [-0.15, -0.1) is 0 Å². The largest absolute Gasteiger partial charge is 0.490 e.